The molecule has 72 valence electrons. The molecule has 0 atom stereocenters. The summed E-state index contributed by atoms with van der Waals surface area (Å²) in [5.41, 5.74) is 6.48. The first-order valence-electron chi connectivity index (χ1n) is 4.37. The second kappa shape index (κ2) is 4.67. The van der Waals surface area contributed by atoms with Crippen LogP contribution in [0, 0.1) is 0 Å². The van der Waals surface area contributed by atoms with E-state index >= 15 is 0 Å². The molecule has 0 spiro atoms. The molecule has 13 heavy (non-hydrogen) atoms. The van der Waals surface area contributed by atoms with Gasteiger partial charge in [0.05, 0.1) is 0 Å². The Labute approximate surface area is 77.7 Å². The van der Waals surface area contributed by atoms with Gasteiger partial charge in [-0.1, -0.05) is 0 Å². The number of rotatable bonds is 4. The lowest BCUT2D eigenvalue weighted by Gasteiger charge is -2.02. The zero-order chi connectivity index (χ0) is 9.68. The Balaban J connectivity index is 2.49. The zero-order valence-corrected chi connectivity index (χ0v) is 7.79. The van der Waals surface area contributed by atoms with Gasteiger partial charge in [-0.2, -0.15) is 0 Å². The lowest BCUT2D eigenvalue weighted by Crippen LogP contribution is -2.26. The maximum atomic E-state index is 11.1. The van der Waals surface area contributed by atoms with E-state index in [0.717, 1.165) is 5.56 Å². The van der Waals surface area contributed by atoms with Gasteiger partial charge in [0, 0.05) is 25.5 Å². The molecule has 4 nitrogen and oxygen atoms in total. The molecule has 0 radical (unpaired) electrons. The van der Waals surface area contributed by atoms with Gasteiger partial charge in [0.15, 0.2) is 0 Å². The van der Waals surface area contributed by atoms with Crippen LogP contribution in [0.3, 0.4) is 0 Å². The van der Waals surface area contributed by atoms with Crippen molar-refractivity contribution < 1.29 is 4.79 Å². The summed E-state index contributed by atoms with van der Waals surface area (Å²) >= 11 is 0. The molecule has 4 heteroatoms. The van der Waals surface area contributed by atoms with Crippen LogP contribution in [0.5, 0.6) is 0 Å². The fourth-order valence-corrected chi connectivity index (χ4v) is 1.13. The molecule has 3 N–H and O–H groups in total. The molecule has 0 saturated carbocycles. The molecule has 0 fully saturated rings. The van der Waals surface area contributed by atoms with Crippen LogP contribution in [-0.2, 0) is 17.9 Å². The van der Waals surface area contributed by atoms with Crippen LogP contribution >= 0.6 is 0 Å². The lowest BCUT2D eigenvalue weighted by atomic mass is 10.3. The molecule has 0 aromatic carbocycles. The van der Waals surface area contributed by atoms with Crippen molar-refractivity contribution in [1.82, 2.24) is 9.88 Å². The largest absolute Gasteiger partial charge is 0.355 e. The molecule has 0 aliphatic rings. The smallest absolute Gasteiger partial charge is 0.239 e. The van der Waals surface area contributed by atoms with Gasteiger partial charge in [-0.3, -0.25) is 4.79 Å². The highest BCUT2D eigenvalue weighted by molar-refractivity contribution is 5.75. The highest BCUT2D eigenvalue weighted by Gasteiger charge is 2.00. The van der Waals surface area contributed by atoms with E-state index in [1.807, 2.05) is 30.0 Å². The van der Waals surface area contributed by atoms with Gasteiger partial charge in [0.25, 0.3) is 0 Å². The van der Waals surface area contributed by atoms with Crippen molar-refractivity contribution in [3.05, 3.63) is 24.0 Å². The predicted molar refractivity (Wildman–Crippen MR) is 51.0 cm³/mol. The molecular weight excluding hydrogens is 166 g/mol. The van der Waals surface area contributed by atoms with E-state index < -0.39 is 0 Å². The van der Waals surface area contributed by atoms with Crippen LogP contribution in [-0.4, -0.2) is 17.0 Å². The summed E-state index contributed by atoms with van der Waals surface area (Å²) < 4.78 is 1.83. The Hall–Kier alpha value is -1.29. The van der Waals surface area contributed by atoms with Gasteiger partial charge in [-0.15, -0.1) is 0 Å². The number of hydrogen-bond donors (Lipinski definition) is 2. The van der Waals surface area contributed by atoms with Crippen molar-refractivity contribution in [2.24, 2.45) is 5.73 Å². The third kappa shape index (κ3) is 2.91. The van der Waals surface area contributed by atoms with E-state index in [-0.39, 0.29) is 5.91 Å². The predicted octanol–water partition coefficient (Wildman–Crippen LogP) is 0.0829. The van der Waals surface area contributed by atoms with Crippen molar-refractivity contribution in [2.45, 2.75) is 20.0 Å². The number of nitrogens with one attached hydrogen (secondary N) is 1. The molecule has 1 aromatic heterocycles. The number of carbonyl (C=O) groups is 1. The third-order valence-electron chi connectivity index (χ3n) is 1.75. The van der Waals surface area contributed by atoms with Crippen molar-refractivity contribution in [2.75, 3.05) is 6.54 Å². The molecule has 0 bridgehead atoms. The number of amides is 1. The highest BCUT2D eigenvalue weighted by Crippen LogP contribution is 1.99. The van der Waals surface area contributed by atoms with E-state index in [4.69, 9.17) is 5.73 Å². The molecule has 0 aliphatic carbocycles. The first-order chi connectivity index (χ1) is 6.26. The number of carbonyl (C=O) groups excluding carboxylic acids is 1. The Morgan fingerprint density at radius 2 is 2.46 bits per heavy atom. The fourth-order valence-electron chi connectivity index (χ4n) is 1.13. The van der Waals surface area contributed by atoms with Gasteiger partial charge in [0.2, 0.25) is 5.91 Å². The van der Waals surface area contributed by atoms with Gasteiger partial charge >= 0.3 is 0 Å². The number of likely N-dealkylation sites (N-methyl/N-ethyl adjacent to an activating group) is 1. The SMILES string of the molecule is CCNC(=O)Cn1ccc(CN)c1. The Kier molecular flexibility index (Phi) is 3.52. The van der Waals surface area contributed by atoms with E-state index in [0.29, 0.717) is 19.6 Å². The molecule has 1 rings (SSSR count). The minimum absolute atomic E-state index is 0.0293. The van der Waals surface area contributed by atoms with Crippen molar-refractivity contribution in [3.8, 4) is 0 Å². The van der Waals surface area contributed by atoms with Crippen molar-refractivity contribution in [3.63, 3.8) is 0 Å². The Morgan fingerprint density at radius 1 is 1.69 bits per heavy atom. The maximum absolute atomic E-state index is 11.1. The zero-order valence-electron chi connectivity index (χ0n) is 7.79. The fraction of sp³-hybridized carbons (Fsp3) is 0.444. The Morgan fingerprint density at radius 3 is 3.00 bits per heavy atom. The normalized spacial score (nSPS) is 10.0. The van der Waals surface area contributed by atoms with Gasteiger partial charge in [-0.25, -0.2) is 0 Å². The standard InChI is InChI=1S/C9H15N3O/c1-2-11-9(13)7-12-4-3-8(5-10)6-12/h3-4,6H,2,5,7,10H2,1H3,(H,11,13). The topological polar surface area (TPSA) is 60.0 Å². The van der Waals surface area contributed by atoms with Gasteiger partial charge < -0.3 is 15.6 Å². The average Bonchev–Trinajstić information content (AvgIpc) is 2.52. The Bertz CT molecular complexity index is 280. The average molecular weight is 181 g/mol. The molecule has 1 aromatic rings. The lowest BCUT2D eigenvalue weighted by molar-refractivity contribution is -0.121. The van der Waals surface area contributed by atoms with Crippen LogP contribution < -0.4 is 11.1 Å². The van der Waals surface area contributed by atoms with Crippen LogP contribution in [0.4, 0.5) is 0 Å². The second-order valence-electron chi connectivity index (χ2n) is 2.85. The van der Waals surface area contributed by atoms with Gasteiger partial charge in [0.1, 0.15) is 6.54 Å². The van der Waals surface area contributed by atoms with Crippen LogP contribution in [0.15, 0.2) is 18.5 Å². The van der Waals surface area contributed by atoms with Gasteiger partial charge in [-0.05, 0) is 18.6 Å². The van der Waals surface area contributed by atoms with E-state index in [1.54, 1.807) is 0 Å². The number of aromatic nitrogens is 1. The molecular formula is C9H15N3O. The van der Waals surface area contributed by atoms with Crippen molar-refractivity contribution >= 4 is 5.91 Å². The number of nitrogens with zero attached hydrogens (tertiary/aromatic N) is 1. The minimum atomic E-state index is 0.0293. The minimum Gasteiger partial charge on any atom is -0.355 e. The number of nitrogens with two attached hydrogens (primary N) is 1. The summed E-state index contributed by atoms with van der Waals surface area (Å²) in [6.07, 6.45) is 3.74. The number of hydrogen-bond acceptors (Lipinski definition) is 2. The van der Waals surface area contributed by atoms with Crippen LogP contribution in [0.2, 0.25) is 0 Å². The highest BCUT2D eigenvalue weighted by atomic mass is 16.1. The first kappa shape index (κ1) is 9.80. The van der Waals surface area contributed by atoms with E-state index in [2.05, 4.69) is 5.32 Å². The summed E-state index contributed by atoms with van der Waals surface area (Å²) in [6, 6.07) is 1.92. The molecule has 1 heterocycles. The van der Waals surface area contributed by atoms with Crippen LogP contribution in [0.1, 0.15) is 12.5 Å². The van der Waals surface area contributed by atoms with Crippen LogP contribution in [0.25, 0.3) is 0 Å². The summed E-state index contributed by atoms with van der Waals surface area (Å²) in [4.78, 5) is 11.1. The van der Waals surface area contributed by atoms with E-state index in [1.165, 1.54) is 0 Å². The van der Waals surface area contributed by atoms with Crippen molar-refractivity contribution in [1.29, 1.82) is 0 Å². The van der Waals surface area contributed by atoms with E-state index in [9.17, 15) is 4.79 Å². The molecule has 1 amide bonds. The summed E-state index contributed by atoms with van der Waals surface area (Å²) in [7, 11) is 0. The first-order valence-corrected chi connectivity index (χ1v) is 4.37. The maximum Gasteiger partial charge on any atom is 0.239 e. The summed E-state index contributed by atoms with van der Waals surface area (Å²) in [6.45, 7) is 3.46. The second-order valence-corrected chi connectivity index (χ2v) is 2.85. The molecule has 0 saturated heterocycles. The summed E-state index contributed by atoms with van der Waals surface area (Å²) in [5, 5.41) is 2.73. The monoisotopic (exact) mass is 181 g/mol. The molecule has 0 unspecified atom stereocenters. The summed E-state index contributed by atoms with van der Waals surface area (Å²) in [5.74, 6) is 0.0293. The third-order valence-corrected chi connectivity index (χ3v) is 1.75. The molecule has 0 aliphatic heterocycles. The quantitative estimate of drug-likeness (QED) is 0.691.